The maximum atomic E-state index is 12.5. The van der Waals surface area contributed by atoms with Gasteiger partial charge in [-0.25, -0.2) is 4.79 Å². The molecule has 0 saturated heterocycles. The number of esters is 1. The summed E-state index contributed by atoms with van der Waals surface area (Å²) in [6.07, 6.45) is 0. The Kier molecular flexibility index (Phi) is 4.99. The lowest BCUT2D eigenvalue weighted by Crippen LogP contribution is -2.48. The summed E-state index contributed by atoms with van der Waals surface area (Å²) in [7, 11) is 0. The van der Waals surface area contributed by atoms with Gasteiger partial charge in [0.05, 0.1) is 21.2 Å². The standard InChI is InChI=1S/C15H15Cl2NO4S/c1-15(2,3)22-14(21)11(6-23)18-12(19)7-4-9(16)10(17)5-8(7)13(18)20/h4-5,11,23H,6H2,1-3H3/t11-/m1/s1. The summed E-state index contributed by atoms with van der Waals surface area (Å²) in [5.41, 5.74) is -0.525. The van der Waals surface area contributed by atoms with Crippen molar-refractivity contribution in [2.24, 2.45) is 0 Å². The van der Waals surface area contributed by atoms with Crippen LogP contribution in [0.2, 0.25) is 10.0 Å². The minimum atomic E-state index is -1.12. The van der Waals surface area contributed by atoms with Gasteiger partial charge in [-0.1, -0.05) is 23.2 Å². The maximum absolute atomic E-state index is 12.5. The Hall–Kier alpha value is -1.24. The van der Waals surface area contributed by atoms with Gasteiger partial charge in [-0.3, -0.25) is 14.5 Å². The van der Waals surface area contributed by atoms with E-state index < -0.39 is 29.4 Å². The molecule has 23 heavy (non-hydrogen) atoms. The predicted octanol–water partition coefficient (Wildman–Crippen LogP) is 3.23. The number of hydrogen-bond acceptors (Lipinski definition) is 5. The topological polar surface area (TPSA) is 63.7 Å². The van der Waals surface area contributed by atoms with Crippen LogP contribution in [0.25, 0.3) is 0 Å². The molecule has 0 bridgehead atoms. The fraction of sp³-hybridized carbons (Fsp3) is 0.400. The molecule has 5 nitrogen and oxygen atoms in total. The minimum Gasteiger partial charge on any atom is -0.458 e. The van der Waals surface area contributed by atoms with Crippen LogP contribution in [0, 0.1) is 0 Å². The van der Waals surface area contributed by atoms with Crippen LogP contribution < -0.4 is 0 Å². The number of imide groups is 1. The van der Waals surface area contributed by atoms with Crippen molar-refractivity contribution in [3.05, 3.63) is 33.3 Å². The quantitative estimate of drug-likeness (QED) is 0.500. The van der Waals surface area contributed by atoms with Crippen molar-refractivity contribution < 1.29 is 19.1 Å². The van der Waals surface area contributed by atoms with Crippen LogP contribution in [0.5, 0.6) is 0 Å². The van der Waals surface area contributed by atoms with Crippen LogP contribution in [-0.4, -0.2) is 40.1 Å². The number of thiol groups is 1. The molecule has 0 unspecified atom stereocenters. The highest BCUT2D eigenvalue weighted by molar-refractivity contribution is 7.80. The van der Waals surface area contributed by atoms with Crippen molar-refractivity contribution in [1.82, 2.24) is 4.90 Å². The molecule has 1 aliphatic heterocycles. The Bertz CT molecular complexity index is 658. The number of carbonyl (C=O) groups excluding carboxylic acids is 3. The number of carbonyl (C=O) groups is 3. The fourth-order valence-corrected chi connectivity index (χ4v) is 2.81. The lowest BCUT2D eigenvalue weighted by molar-refractivity contribution is -0.158. The highest BCUT2D eigenvalue weighted by atomic mass is 35.5. The third-order valence-electron chi connectivity index (χ3n) is 3.12. The Morgan fingerprint density at radius 3 is 1.96 bits per heavy atom. The summed E-state index contributed by atoms with van der Waals surface area (Å²) in [4.78, 5) is 38.1. The molecule has 0 aliphatic carbocycles. The average Bonchev–Trinajstić information content (AvgIpc) is 2.64. The highest BCUT2D eigenvalue weighted by Gasteiger charge is 2.44. The van der Waals surface area contributed by atoms with Gasteiger partial charge in [0, 0.05) is 5.75 Å². The molecule has 0 saturated carbocycles. The maximum Gasteiger partial charge on any atom is 0.330 e. The smallest absolute Gasteiger partial charge is 0.330 e. The van der Waals surface area contributed by atoms with Gasteiger partial charge >= 0.3 is 5.97 Å². The fourth-order valence-electron chi connectivity index (χ4n) is 2.17. The van der Waals surface area contributed by atoms with Crippen molar-refractivity contribution in [3.63, 3.8) is 0 Å². The van der Waals surface area contributed by atoms with E-state index in [1.165, 1.54) is 12.1 Å². The van der Waals surface area contributed by atoms with E-state index in [4.69, 9.17) is 27.9 Å². The zero-order valence-electron chi connectivity index (χ0n) is 12.7. The van der Waals surface area contributed by atoms with Gasteiger partial charge in [0.1, 0.15) is 11.6 Å². The minimum absolute atomic E-state index is 0.0537. The van der Waals surface area contributed by atoms with Crippen LogP contribution in [0.3, 0.4) is 0 Å². The van der Waals surface area contributed by atoms with Gasteiger partial charge in [-0.15, -0.1) is 0 Å². The van der Waals surface area contributed by atoms with Crippen molar-refractivity contribution >= 4 is 53.6 Å². The molecule has 2 amide bonds. The van der Waals surface area contributed by atoms with Crippen LogP contribution in [0.4, 0.5) is 0 Å². The number of amides is 2. The largest absolute Gasteiger partial charge is 0.458 e. The summed E-state index contributed by atoms with van der Waals surface area (Å²) in [6.45, 7) is 5.09. The number of halogens is 2. The Morgan fingerprint density at radius 2 is 1.61 bits per heavy atom. The highest BCUT2D eigenvalue weighted by Crippen LogP contribution is 2.33. The van der Waals surface area contributed by atoms with E-state index in [0.29, 0.717) is 0 Å². The molecule has 1 heterocycles. The van der Waals surface area contributed by atoms with Gasteiger partial charge in [0.15, 0.2) is 0 Å². The molecule has 0 N–H and O–H groups in total. The van der Waals surface area contributed by atoms with Crippen molar-refractivity contribution in [3.8, 4) is 0 Å². The molecule has 124 valence electrons. The predicted molar refractivity (Wildman–Crippen MR) is 90.4 cm³/mol. The van der Waals surface area contributed by atoms with E-state index in [-0.39, 0.29) is 26.9 Å². The lowest BCUT2D eigenvalue weighted by Gasteiger charge is -2.27. The van der Waals surface area contributed by atoms with Crippen LogP contribution >= 0.6 is 35.8 Å². The summed E-state index contributed by atoms with van der Waals surface area (Å²) >= 11 is 15.9. The van der Waals surface area contributed by atoms with Crippen molar-refractivity contribution in [1.29, 1.82) is 0 Å². The second-order valence-corrected chi connectivity index (χ2v) is 7.20. The molecule has 1 aromatic carbocycles. The van der Waals surface area contributed by atoms with Gasteiger partial charge in [0.25, 0.3) is 11.8 Å². The molecule has 8 heteroatoms. The van der Waals surface area contributed by atoms with E-state index >= 15 is 0 Å². The zero-order valence-corrected chi connectivity index (χ0v) is 15.1. The Labute approximate surface area is 149 Å². The first-order chi connectivity index (χ1) is 10.6. The average molecular weight is 376 g/mol. The van der Waals surface area contributed by atoms with Crippen molar-refractivity contribution in [2.75, 3.05) is 5.75 Å². The first kappa shape index (κ1) is 18.1. The Balaban J connectivity index is 2.39. The van der Waals surface area contributed by atoms with Crippen LogP contribution in [0.1, 0.15) is 41.5 Å². The molecule has 1 atom stereocenters. The monoisotopic (exact) mass is 375 g/mol. The SMILES string of the molecule is CC(C)(C)OC(=O)[C@@H](CS)N1C(=O)c2cc(Cl)c(Cl)cc2C1=O. The first-order valence-electron chi connectivity index (χ1n) is 6.77. The normalized spacial score (nSPS) is 15.7. The molecule has 1 aliphatic rings. The molecular formula is C15H15Cl2NO4S. The van der Waals surface area contributed by atoms with Gasteiger partial charge < -0.3 is 4.74 Å². The number of hydrogen-bond donors (Lipinski definition) is 1. The molecular weight excluding hydrogens is 361 g/mol. The van der Waals surface area contributed by atoms with E-state index in [9.17, 15) is 14.4 Å². The van der Waals surface area contributed by atoms with Crippen LogP contribution in [-0.2, 0) is 9.53 Å². The van der Waals surface area contributed by atoms with E-state index in [1.807, 2.05) is 0 Å². The lowest BCUT2D eigenvalue weighted by atomic mass is 10.1. The molecule has 0 fully saturated rings. The third kappa shape index (κ3) is 3.49. The number of benzene rings is 1. The third-order valence-corrected chi connectivity index (χ3v) is 4.19. The number of rotatable bonds is 3. The second-order valence-electron chi connectivity index (χ2n) is 6.02. The second kappa shape index (κ2) is 6.34. The number of ether oxygens (including phenoxy) is 1. The van der Waals surface area contributed by atoms with E-state index in [2.05, 4.69) is 12.6 Å². The van der Waals surface area contributed by atoms with Crippen molar-refractivity contribution in [2.45, 2.75) is 32.4 Å². The summed E-state index contributed by atoms with van der Waals surface area (Å²) < 4.78 is 5.26. The summed E-state index contributed by atoms with van der Waals surface area (Å²) in [5, 5.41) is 0.321. The number of nitrogens with zero attached hydrogens (tertiary/aromatic N) is 1. The van der Waals surface area contributed by atoms with Gasteiger partial charge in [0.2, 0.25) is 0 Å². The molecule has 1 aromatic rings. The molecule has 0 spiro atoms. The Morgan fingerprint density at radius 1 is 1.17 bits per heavy atom. The summed E-state index contributed by atoms with van der Waals surface area (Å²) in [5.74, 6) is -1.98. The first-order valence-corrected chi connectivity index (χ1v) is 8.16. The zero-order chi connectivity index (χ0) is 17.5. The molecule has 0 aromatic heterocycles. The van der Waals surface area contributed by atoms with Crippen LogP contribution in [0.15, 0.2) is 12.1 Å². The van der Waals surface area contributed by atoms with E-state index in [1.54, 1.807) is 20.8 Å². The van der Waals surface area contributed by atoms with E-state index in [0.717, 1.165) is 4.90 Å². The molecule has 0 radical (unpaired) electrons. The summed E-state index contributed by atoms with van der Waals surface area (Å²) in [6, 6.07) is 1.52. The van der Waals surface area contributed by atoms with Gasteiger partial charge in [-0.05, 0) is 32.9 Å². The van der Waals surface area contributed by atoms with Gasteiger partial charge in [-0.2, -0.15) is 12.6 Å². The number of fused-ring (bicyclic) bond motifs is 1. The molecule has 2 rings (SSSR count).